The van der Waals surface area contributed by atoms with E-state index in [2.05, 4.69) is 41.4 Å². The molecule has 0 saturated carbocycles. The van der Waals surface area contributed by atoms with Gasteiger partial charge >= 0.3 is 0 Å². The maximum Gasteiger partial charge on any atom is 0.0499 e. The minimum atomic E-state index is 0.643. The Morgan fingerprint density at radius 1 is 0.958 bits per heavy atom. The van der Waals surface area contributed by atoms with Crippen molar-refractivity contribution in [2.24, 2.45) is 0 Å². The first-order valence-corrected chi connectivity index (χ1v) is 9.43. The molecule has 0 aliphatic heterocycles. The van der Waals surface area contributed by atoms with Crippen molar-refractivity contribution in [3.8, 4) is 0 Å². The van der Waals surface area contributed by atoms with E-state index < -0.39 is 0 Å². The normalized spacial score (nSPS) is 12.8. The Bertz CT molecular complexity index is 975. The number of benzene rings is 2. The molecule has 0 fully saturated rings. The summed E-state index contributed by atoms with van der Waals surface area (Å²) in [6.07, 6.45) is 4.09. The van der Waals surface area contributed by atoms with Crippen LogP contribution >= 0.6 is 34.5 Å². The average molecular weight is 369 g/mol. The monoisotopic (exact) mass is 368 g/mol. The van der Waals surface area contributed by atoms with Crippen LogP contribution in [0, 0.1) is 0 Å². The van der Waals surface area contributed by atoms with Gasteiger partial charge in [0.1, 0.15) is 0 Å². The number of halogens is 2. The van der Waals surface area contributed by atoms with Gasteiger partial charge in [-0.25, -0.2) is 0 Å². The van der Waals surface area contributed by atoms with Gasteiger partial charge in [0.15, 0.2) is 0 Å². The van der Waals surface area contributed by atoms with Gasteiger partial charge < -0.3 is 0 Å². The summed E-state index contributed by atoms with van der Waals surface area (Å²) in [4.78, 5) is 1.31. The molecule has 0 atom stereocenters. The van der Waals surface area contributed by atoms with E-state index in [4.69, 9.17) is 23.2 Å². The van der Waals surface area contributed by atoms with Crippen LogP contribution in [-0.4, -0.2) is 0 Å². The minimum Gasteiger partial charge on any atom is -0.143 e. The summed E-state index contributed by atoms with van der Waals surface area (Å²) in [5, 5.41) is 3.45. The minimum absolute atomic E-state index is 0.643. The van der Waals surface area contributed by atoms with Crippen molar-refractivity contribution in [2.45, 2.75) is 12.8 Å². The fourth-order valence-electron chi connectivity index (χ4n) is 3.04. The highest BCUT2D eigenvalue weighted by Crippen LogP contribution is 2.36. The molecule has 1 aliphatic carbocycles. The number of aryl methyl sites for hydroxylation is 2. The van der Waals surface area contributed by atoms with Crippen LogP contribution < -0.4 is 0 Å². The van der Waals surface area contributed by atoms with E-state index >= 15 is 0 Å². The zero-order valence-electron chi connectivity index (χ0n) is 12.9. The van der Waals surface area contributed by atoms with Gasteiger partial charge in [-0.2, -0.15) is 0 Å². The van der Waals surface area contributed by atoms with Crippen molar-refractivity contribution in [3.05, 3.63) is 96.8 Å². The van der Waals surface area contributed by atoms with E-state index in [0.717, 1.165) is 24.0 Å². The zero-order chi connectivity index (χ0) is 16.5. The fraction of sp³-hybridized carbons (Fsp3) is 0.0952. The number of thiophene rings is 1. The number of hydrogen-bond acceptors (Lipinski definition) is 1. The van der Waals surface area contributed by atoms with E-state index in [1.54, 1.807) is 17.4 Å². The molecule has 0 N–H and O–H groups in total. The van der Waals surface area contributed by atoms with Gasteiger partial charge in [-0.15, -0.1) is 17.1 Å². The number of hydrogen-bond donors (Lipinski definition) is 0. The lowest BCUT2D eigenvalue weighted by Gasteiger charge is -2.06. The van der Waals surface area contributed by atoms with Gasteiger partial charge in [0.05, 0.1) is 0 Å². The largest absolute Gasteiger partial charge is 0.143 e. The number of fused-ring (bicyclic) bond motifs is 2. The van der Waals surface area contributed by atoms with Crippen LogP contribution in [0.3, 0.4) is 0 Å². The molecular formula is C21H14Cl2S. The first-order valence-electron chi connectivity index (χ1n) is 7.79. The Morgan fingerprint density at radius 3 is 2.67 bits per heavy atom. The third kappa shape index (κ3) is 2.97. The lowest BCUT2D eigenvalue weighted by Crippen LogP contribution is -1.90. The third-order valence-electron chi connectivity index (χ3n) is 4.26. The average Bonchev–Trinajstić information content (AvgIpc) is 2.99. The Kier molecular flexibility index (Phi) is 4.35. The van der Waals surface area contributed by atoms with Gasteiger partial charge in [-0.1, -0.05) is 53.5 Å². The van der Waals surface area contributed by atoms with Crippen molar-refractivity contribution < 1.29 is 0 Å². The summed E-state index contributed by atoms with van der Waals surface area (Å²) in [6.45, 7) is 0. The van der Waals surface area contributed by atoms with E-state index in [-0.39, 0.29) is 0 Å². The zero-order valence-corrected chi connectivity index (χ0v) is 15.2. The SMILES string of the molecule is Clc1ccc(C=C=C2c3ccccc3CCc3ccsc32)c(Cl)c1. The molecule has 0 bridgehead atoms. The van der Waals surface area contributed by atoms with E-state index in [0.29, 0.717) is 10.0 Å². The van der Waals surface area contributed by atoms with Crippen molar-refractivity contribution >= 4 is 46.2 Å². The topological polar surface area (TPSA) is 0 Å². The molecule has 4 rings (SSSR count). The highest BCUT2D eigenvalue weighted by Gasteiger charge is 2.18. The Morgan fingerprint density at radius 2 is 1.79 bits per heavy atom. The summed E-state index contributed by atoms with van der Waals surface area (Å²) in [7, 11) is 0. The predicted octanol–water partition coefficient (Wildman–Crippen LogP) is 6.90. The van der Waals surface area contributed by atoms with Crippen LogP contribution in [0.1, 0.15) is 27.1 Å². The molecule has 0 nitrogen and oxygen atoms in total. The fourth-order valence-corrected chi connectivity index (χ4v) is 4.48. The maximum absolute atomic E-state index is 6.30. The molecule has 118 valence electrons. The van der Waals surface area contributed by atoms with Crippen LogP contribution in [0.15, 0.2) is 59.6 Å². The van der Waals surface area contributed by atoms with Gasteiger partial charge in [0, 0.05) is 26.1 Å². The molecule has 3 heteroatoms. The quantitative estimate of drug-likeness (QED) is 0.409. The van der Waals surface area contributed by atoms with Crippen molar-refractivity contribution in [1.82, 2.24) is 0 Å². The van der Waals surface area contributed by atoms with E-state index in [9.17, 15) is 0 Å². The molecule has 1 aliphatic rings. The molecule has 1 aromatic heterocycles. The summed E-state index contributed by atoms with van der Waals surface area (Å²) in [6, 6.07) is 16.4. The Hall–Kier alpha value is -1.76. The van der Waals surface area contributed by atoms with Gasteiger partial charge in [0.25, 0.3) is 0 Å². The summed E-state index contributed by atoms with van der Waals surface area (Å²) >= 11 is 14.1. The van der Waals surface area contributed by atoms with E-state index in [1.165, 1.54) is 21.6 Å². The first kappa shape index (κ1) is 15.7. The summed E-state index contributed by atoms with van der Waals surface area (Å²) < 4.78 is 0. The molecule has 1 heterocycles. The summed E-state index contributed by atoms with van der Waals surface area (Å²) in [5.74, 6) is 0. The Labute approximate surface area is 155 Å². The van der Waals surface area contributed by atoms with Crippen molar-refractivity contribution in [2.75, 3.05) is 0 Å². The molecule has 24 heavy (non-hydrogen) atoms. The van der Waals surface area contributed by atoms with Crippen LogP contribution in [-0.2, 0) is 12.8 Å². The second-order valence-electron chi connectivity index (χ2n) is 5.76. The second-order valence-corrected chi connectivity index (χ2v) is 7.52. The van der Waals surface area contributed by atoms with Gasteiger partial charge in [0.2, 0.25) is 0 Å². The van der Waals surface area contributed by atoms with Crippen molar-refractivity contribution in [3.63, 3.8) is 0 Å². The van der Waals surface area contributed by atoms with Gasteiger partial charge in [-0.05, 0) is 59.2 Å². The third-order valence-corrected chi connectivity index (χ3v) is 5.80. The highest BCUT2D eigenvalue weighted by molar-refractivity contribution is 7.11. The molecule has 2 aromatic carbocycles. The molecule has 0 spiro atoms. The van der Waals surface area contributed by atoms with Crippen LogP contribution in [0.4, 0.5) is 0 Å². The lowest BCUT2D eigenvalue weighted by atomic mass is 9.99. The van der Waals surface area contributed by atoms with Crippen LogP contribution in [0.2, 0.25) is 10.0 Å². The standard InChI is InChI=1S/C21H14Cl2S/c22-17-9-7-15(20(23)13-17)8-10-19-18-4-2-1-3-14(18)5-6-16-11-12-24-21(16)19/h1-4,7-9,11-13H,5-6H2. The molecule has 0 amide bonds. The second kappa shape index (κ2) is 6.63. The maximum atomic E-state index is 6.30. The van der Waals surface area contributed by atoms with E-state index in [1.807, 2.05) is 18.2 Å². The molecule has 0 unspecified atom stereocenters. The van der Waals surface area contributed by atoms with Crippen molar-refractivity contribution in [1.29, 1.82) is 0 Å². The Balaban J connectivity index is 1.92. The van der Waals surface area contributed by atoms with Crippen LogP contribution in [0.25, 0.3) is 11.6 Å². The first-order chi connectivity index (χ1) is 11.7. The molecular weight excluding hydrogens is 355 g/mol. The molecule has 0 saturated heterocycles. The summed E-state index contributed by atoms with van der Waals surface area (Å²) in [5.41, 5.74) is 9.62. The highest BCUT2D eigenvalue weighted by atomic mass is 35.5. The molecule has 3 aromatic rings. The smallest absolute Gasteiger partial charge is 0.0499 e. The molecule has 0 radical (unpaired) electrons. The lowest BCUT2D eigenvalue weighted by molar-refractivity contribution is 0.970. The number of rotatable bonds is 1. The van der Waals surface area contributed by atoms with Crippen LogP contribution in [0.5, 0.6) is 0 Å². The van der Waals surface area contributed by atoms with Gasteiger partial charge in [-0.3, -0.25) is 0 Å². The predicted molar refractivity (Wildman–Crippen MR) is 105 cm³/mol.